The number of aromatic nitrogens is 2. The van der Waals surface area contributed by atoms with Gasteiger partial charge in [-0.25, -0.2) is 4.98 Å². The predicted molar refractivity (Wildman–Crippen MR) is 56.9 cm³/mol. The third-order valence-electron chi connectivity index (χ3n) is 1.88. The van der Waals surface area contributed by atoms with Gasteiger partial charge < -0.3 is 5.73 Å². The number of anilines is 1. The van der Waals surface area contributed by atoms with Crippen LogP contribution in [0, 0.1) is 0 Å². The molecule has 4 heteroatoms. The summed E-state index contributed by atoms with van der Waals surface area (Å²) in [5.41, 5.74) is 7.53. The maximum atomic E-state index is 5.83. The molecule has 0 fully saturated rings. The van der Waals surface area contributed by atoms with Crippen LogP contribution >= 0.6 is 11.6 Å². The first-order valence-corrected chi connectivity index (χ1v) is 4.46. The summed E-state index contributed by atoms with van der Waals surface area (Å²) >= 11 is 5.83. The van der Waals surface area contributed by atoms with E-state index in [4.69, 9.17) is 17.3 Å². The number of nitrogens with two attached hydrogens (primary N) is 1. The van der Waals surface area contributed by atoms with E-state index in [0.717, 1.165) is 11.1 Å². The molecule has 2 aromatic rings. The van der Waals surface area contributed by atoms with E-state index in [-0.39, 0.29) is 0 Å². The summed E-state index contributed by atoms with van der Waals surface area (Å²) in [6.45, 7) is 0. The van der Waals surface area contributed by atoms with Crippen molar-refractivity contribution >= 4 is 17.4 Å². The third kappa shape index (κ3) is 1.67. The summed E-state index contributed by atoms with van der Waals surface area (Å²) in [7, 11) is 0. The second-order valence-electron chi connectivity index (χ2n) is 2.82. The zero-order valence-electron chi connectivity index (χ0n) is 7.31. The van der Waals surface area contributed by atoms with E-state index in [1.54, 1.807) is 18.5 Å². The number of nitrogen functional groups attached to an aromatic ring is 1. The van der Waals surface area contributed by atoms with Crippen molar-refractivity contribution in [1.29, 1.82) is 0 Å². The Morgan fingerprint density at radius 3 is 2.64 bits per heavy atom. The summed E-state index contributed by atoms with van der Waals surface area (Å²) in [6.07, 6.45) is 4.94. The Morgan fingerprint density at radius 1 is 1.21 bits per heavy atom. The van der Waals surface area contributed by atoms with Crippen LogP contribution in [0.1, 0.15) is 0 Å². The number of nitrogens with zero attached hydrogens (tertiary/aromatic N) is 2. The Morgan fingerprint density at radius 2 is 1.93 bits per heavy atom. The van der Waals surface area contributed by atoms with E-state index in [1.807, 2.05) is 12.1 Å². The minimum Gasteiger partial charge on any atom is -0.383 e. The Labute approximate surface area is 86.6 Å². The molecule has 0 spiro atoms. The first-order chi connectivity index (χ1) is 6.77. The average molecular weight is 206 g/mol. The molecule has 0 saturated carbocycles. The fraction of sp³-hybridized carbons (Fsp3) is 0. The van der Waals surface area contributed by atoms with E-state index < -0.39 is 0 Å². The Balaban J connectivity index is 2.57. The second-order valence-corrected chi connectivity index (χ2v) is 3.26. The van der Waals surface area contributed by atoms with Gasteiger partial charge in [0.05, 0.1) is 5.02 Å². The zero-order valence-corrected chi connectivity index (χ0v) is 8.07. The van der Waals surface area contributed by atoms with E-state index in [1.165, 1.54) is 6.20 Å². The first-order valence-electron chi connectivity index (χ1n) is 4.09. The molecule has 2 aromatic heterocycles. The molecule has 14 heavy (non-hydrogen) atoms. The van der Waals surface area contributed by atoms with Crippen molar-refractivity contribution in [1.82, 2.24) is 9.97 Å². The average Bonchev–Trinajstić information content (AvgIpc) is 2.23. The summed E-state index contributed by atoms with van der Waals surface area (Å²) in [5, 5.41) is 0.575. The molecule has 0 saturated heterocycles. The van der Waals surface area contributed by atoms with Crippen molar-refractivity contribution in [3.63, 3.8) is 0 Å². The molecule has 0 aliphatic rings. The van der Waals surface area contributed by atoms with Gasteiger partial charge in [-0.15, -0.1) is 0 Å². The summed E-state index contributed by atoms with van der Waals surface area (Å²) < 4.78 is 0. The highest BCUT2D eigenvalue weighted by Gasteiger charge is 2.03. The van der Waals surface area contributed by atoms with Gasteiger partial charge in [-0.2, -0.15) is 0 Å². The summed E-state index contributed by atoms with van der Waals surface area (Å²) in [6, 6.07) is 5.52. The van der Waals surface area contributed by atoms with Gasteiger partial charge in [-0.3, -0.25) is 4.98 Å². The lowest BCUT2D eigenvalue weighted by atomic mass is 10.1. The van der Waals surface area contributed by atoms with Crippen LogP contribution in [0.4, 0.5) is 5.82 Å². The van der Waals surface area contributed by atoms with Gasteiger partial charge in [0.1, 0.15) is 5.82 Å². The molecule has 0 atom stereocenters. The molecule has 0 aromatic carbocycles. The molecular formula is C10H8ClN3. The van der Waals surface area contributed by atoms with Crippen molar-refractivity contribution in [3.05, 3.63) is 41.8 Å². The van der Waals surface area contributed by atoms with Crippen LogP contribution in [0.2, 0.25) is 5.02 Å². The van der Waals surface area contributed by atoms with Gasteiger partial charge in [-0.1, -0.05) is 11.6 Å². The Hall–Kier alpha value is -1.61. The molecule has 0 aliphatic heterocycles. The van der Waals surface area contributed by atoms with Gasteiger partial charge in [-0.05, 0) is 23.8 Å². The van der Waals surface area contributed by atoms with E-state index in [0.29, 0.717) is 10.8 Å². The van der Waals surface area contributed by atoms with Gasteiger partial charge in [0.15, 0.2) is 0 Å². The number of halogens is 1. The highest BCUT2D eigenvalue weighted by molar-refractivity contribution is 6.30. The van der Waals surface area contributed by atoms with E-state index in [9.17, 15) is 0 Å². The maximum Gasteiger partial charge on any atom is 0.131 e. The molecule has 2 N–H and O–H groups in total. The highest BCUT2D eigenvalue weighted by Crippen LogP contribution is 2.25. The molecule has 0 radical (unpaired) electrons. The fourth-order valence-corrected chi connectivity index (χ4v) is 1.37. The minimum absolute atomic E-state index is 0.473. The van der Waals surface area contributed by atoms with Gasteiger partial charge >= 0.3 is 0 Å². The third-order valence-corrected chi connectivity index (χ3v) is 2.08. The predicted octanol–water partition coefficient (Wildman–Crippen LogP) is 2.38. The number of hydrogen-bond donors (Lipinski definition) is 1. The lowest BCUT2D eigenvalue weighted by Gasteiger charge is -2.04. The minimum atomic E-state index is 0.473. The van der Waals surface area contributed by atoms with Crippen LogP contribution < -0.4 is 5.73 Å². The number of rotatable bonds is 1. The molecule has 0 aliphatic carbocycles. The monoisotopic (exact) mass is 205 g/mol. The Bertz CT molecular complexity index is 442. The van der Waals surface area contributed by atoms with Crippen LogP contribution in [0.25, 0.3) is 11.1 Å². The maximum absolute atomic E-state index is 5.83. The quantitative estimate of drug-likeness (QED) is 0.778. The second kappa shape index (κ2) is 3.64. The van der Waals surface area contributed by atoms with E-state index in [2.05, 4.69) is 9.97 Å². The van der Waals surface area contributed by atoms with Crippen molar-refractivity contribution in [2.24, 2.45) is 0 Å². The van der Waals surface area contributed by atoms with Crippen LogP contribution in [0.5, 0.6) is 0 Å². The van der Waals surface area contributed by atoms with Crippen LogP contribution in [-0.2, 0) is 0 Å². The largest absolute Gasteiger partial charge is 0.383 e. The van der Waals surface area contributed by atoms with Crippen LogP contribution in [0.15, 0.2) is 36.8 Å². The molecule has 70 valence electrons. The topological polar surface area (TPSA) is 51.8 Å². The van der Waals surface area contributed by atoms with Crippen molar-refractivity contribution in [3.8, 4) is 11.1 Å². The molecule has 2 rings (SSSR count). The molecule has 2 heterocycles. The lowest BCUT2D eigenvalue weighted by molar-refractivity contribution is 1.31. The van der Waals surface area contributed by atoms with E-state index >= 15 is 0 Å². The normalized spacial score (nSPS) is 10.1. The summed E-state index contributed by atoms with van der Waals surface area (Å²) in [4.78, 5) is 7.91. The van der Waals surface area contributed by atoms with Crippen molar-refractivity contribution < 1.29 is 0 Å². The molecular weight excluding hydrogens is 198 g/mol. The highest BCUT2D eigenvalue weighted by atomic mass is 35.5. The van der Waals surface area contributed by atoms with Crippen molar-refractivity contribution in [2.45, 2.75) is 0 Å². The van der Waals surface area contributed by atoms with Gasteiger partial charge in [0.25, 0.3) is 0 Å². The standard InChI is InChI=1S/C10H8ClN3/c11-8-5-9(10(12)14-6-8)7-1-3-13-4-2-7/h1-6H,(H2,12,14). The lowest BCUT2D eigenvalue weighted by Crippen LogP contribution is -1.93. The first kappa shape index (κ1) is 8.97. The molecule has 3 nitrogen and oxygen atoms in total. The van der Waals surface area contributed by atoms with Gasteiger partial charge in [0.2, 0.25) is 0 Å². The summed E-state index contributed by atoms with van der Waals surface area (Å²) in [5.74, 6) is 0.473. The SMILES string of the molecule is Nc1ncc(Cl)cc1-c1ccncc1. The molecule has 0 unspecified atom stereocenters. The zero-order chi connectivity index (χ0) is 9.97. The Kier molecular flexibility index (Phi) is 2.33. The van der Waals surface area contributed by atoms with Crippen molar-refractivity contribution in [2.75, 3.05) is 5.73 Å². The van der Waals surface area contributed by atoms with Gasteiger partial charge in [0, 0.05) is 24.2 Å². The molecule has 0 bridgehead atoms. The number of hydrogen-bond acceptors (Lipinski definition) is 3. The van der Waals surface area contributed by atoms with Crippen LogP contribution in [0.3, 0.4) is 0 Å². The smallest absolute Gasteiger partial charge is 0.131 e. The molecule has 0 amide bonds. The van der Waals surface area contributed by atoms with Crippen LogP contribution in [-0.4, -0.2) is 9.97 Å². The fourth-order valence-electron chi connectivity index (χ4n) is 1.21. The number of pyridine rings is 2.